The third kappa shape index (κ3) is 5.78. The highest BCUT2D eigenvalue weighted by atomic mass is 32.2. The first-order chi connectivity index (χ1) is 10.4. The van der Waals surface area contributed by atoms with Crippen LogP contribution in [0, 0.1) is 0 Å². The summed E-state index contributed by atoms with van der Waals surface area (Å²) in [5.41, 5.74) is 0.109. The molecule has 2 amide bonds. The number of nitrogens with zero attached hydrogens (tertiary/aromatic N) is 1. The SMILES string of the molecule is CCCCS(=O)(=O)NC(=O)c1ccc(C(=O)NCCO)nc1. The van der Waals surface area contributed by atoms with Crippen LogP contribution >= 0.6 is 0 Å². The van der Waals surface area contributed by atoms with Crippen LogP contribution in [0.15, 0.2) is 18.3 Å². The van der Waals surface area contributed by atoms with Gasteiger partial charge in [-0.15, -0.1) is 0 Å². The number of aliphatic hydroxyl groups is 1. The molecule has 0 saturated heterocycles. The van der Waals surface area contributed by atoms with E-state index in [0.29, 0.717) is 12.8 Å². The molecule has 22 heavy (non-hydrogen) atoms. The second-order valence-corrected chi connectivity index (χ2v) is 6.36. The zero-order chi connectivity index (χ0) is 16.6. The molecule has 0 bridgehead atoms. The standard InChI is InChI=1S/C13H19N3O5S/c1-2-3-8-22(20,21)16-12(18)10-4-5-11(15-9-10)13(19)14-6-7-17/h4-5,9,17H,2-3,6-8H2,1H3,(H,14,19)(H,16,18). The van der Waals surface area contributed by atoms with E-state index in [2.05, 4.69) is 10.3 Å². The minimum atomic E-state index is -3.66. The fourth-order valence-corrected chi connectivity index (χ4v) is 2.68. The Morgan fingerprint density at radius 1 is 1.27 bits per heavy atom. The summed E-state index contributed by atoms with van der Waals surface area (Å²) >= 11 is 0. The van der Waals surface area contributed by atoms with Crippen molar-refractivity contribution in [3.63, 3.8) is 0 Å². The number of pyridine rings is 1. The Hall–Kier alpha value is -2.00. The minimum Gasteiger partial charge on any atom is -0.395 e. The fourth-order valence-electron chi connectivity index (χ4n) is 1.51. The molecule has 1 aromatic heterocycles. The topological polar surface area (TPSA) is 125 Å². The highest BCUT2D eigenvalue weighted by molar-refractivity contribution is 7.90. The van der Waals surface area contributed by atoms with Gasteiger partial charge in [-0.1, -0.05) is 13.3 Å². The highest BCUT2D eigenvalue weighted by Crippen LogP contribution is 2.02. The molecule has 0 fully saturated rings. The van der Waals surface area contributed by atoms with Crippen molar-refractivity contribution in [3.8, 4) is 0 Å². The summed E-state index contributed by atoms with van der Waals surface area (Å²) in [6.07, 6.45) is 2.29. The molecule has 0 aliphatic heterocycles. The third-order valence-electron chi connectivity index (χ3n) is 2.67. The number of rotatable bonds is 8. The van der Waals surface area contributed by atoms with E-state index in [4.69, 9.17) is 5.11 Å². The molecule has 122 valence electrons. The average molecular weight is 329 g/mol. The highest BCUT2D eigenvalue weighted by Gasteiger charge is 2.16. The third-order valence-corrected chi connectivity index (χ3v) is 3.99. The van der Waals surface area contributed by atoms with E-state index in [0.717, 1.165) is 6.20 Å². The average Bonchev–Trinajstić information content (AvgIpc) is 2.50. The lowest BCUT2D eigenvalue weighted by molar-refractivity contribution is 0.0936. The smallest absolute Gasteiger partial charge is 0.269 e. The van der Waals surface area contributed by atoms with Crippen LogP contribution in [0.5, 0.6) is 0 Å². The van der Waals surface area contributed by atoms with E-state index in [9.17, 15) is 18.0 Å². The lowest BCUT2D eigenvalue weighted by Gasteiger charge is -2.07. The van der Waals surface area contributed by atoms with Gasteiger partial charge in [0.05, 0.1) is 17.9 Å². The van der Waals surface area contributed by atoms with E-state index in [1.165, 1.54) is 12.1 Å². The number of carbonyl (C=O) groups is 2. The van der Waals surface area contributed by atoms with E-state index < -0.39 is 21.8 Å². The normalized spacial score (nSPS) is 11.0. The predicted molar refractivity (Wildman–Crippen MR) is 79.8 cm³/mol. The van der Waals surface area contributed by atoms with Gasteiger partial charge in [-0.3, -0.25) is 14.6 Å². The second-order valence-electron chi connectivity index (χ2n) is 4.52. The van der Waals surface area contributed by atoms with Crippen LogP contribution in [-0.2, 0) is 10.0 Å². The molecule has 1 aromatic rings. The van der Waals surface area contributed by atoms with E-state index in [-0.39, 0.29) is 30.2 Å². The Balaban J connectivity index is 2.70. The van der Waals surface area contributed by atoms with Crippen molar-refractivity contribution in [3.05, 3.63) is 29.6 Å². The van der Waals surface area contributed by atoms with Gasteiger partial charge in [0.25, 0.3) is 11.8 Å². The number of amides is 2. The minimum absolute atomic E-state index is 0.0405. The number of aliphatic hydroxyl groups excluding tert-OH is 1. The van der Waals surface area contributed by atoms with Crippen LogP contribution in [0.2, 0.25) is 0 Å². The van der Waals surface area contributed by atoms with E-state index in [1.54, 1.807) is 0 Å². The Labute approximate surface area is 129 Å². The molecule has 1 heterocycles. The monoisotopic (exact) mass is 329 g/mol. The van der Waals surface area contributed by atoms with Gasteiger partial charge in [0.2, 0.25) is 10.0 Å². The maximum atomic E-state index is 11.8. The molecule has 0 saturated carbocycles. The fraction of sp³-hybridized carbons (Fsp3) is 0.462. The van der Waals surface area contributed by atoms with Gasteiger partial charge in [0.15, 0.2) is 0 Å². The number of aromatic nitrogens is 1. The van der Waals surface area contributed by atoms with Gasteiger partial charge in [0.1, 0.15) is 5.69 Å². The summed E-state index contributed by atoms with van der Waals surface area (Å²) in [6, 6.07) is 2.62. The quantitative estimate of drug-likeness (QED) is 0.599. The maximum Gasteiger partial charge on any atom is 0.269 e. The second kappa shape index (κ2) is 8.44. The van der Waals surface area contributed by atoms with Crippen molar-refractivity contribution >= 4 is 21.8 Å². The van der Waals surface area contributed by atoms with Crippen LogP contribution in [0.1, 0.15) is 40.6 Å². The van der Waals surface area contributed by atoms with Crippen LogP contribution < -0.4 is 10.0 Å². The van der Waals surface area contributed by atoms with Crippen LogP contribution in [-0.4, -0.2) is 49.2 Å². The van der Waals surface area contributed by atoms with E-state index >= 15 is 0 Å². The van der Waals surface area contributed by atoms with Gasteiger partial charge in [-0.25, -0.2) is 13.1 Å². The summed E-state index contributed by atoms with van der Waals surface area (Å²) in [5, 5.41) is 11.0. The molecule has 3 N–H and O–H groups in total. The Morgan fingerprint density at radius 2 is 2.00 bits per heavy atom. The zero-order valence-corrected chi connectivity index (χ0v) is 13.0. The number of nitrogens with one attached hydrogen (secondary N) is 2. The molecule has 0 spiro atoms. The van der Waals surface area contributed by atoms with Crippen LogP contribution in [0.25, 0.3) is 0 Å². The van der Waals surface area contributed by atoms with Crippen molar-refractivity contribution in [2.75, 3.05) is 18.9 Å². The summed E-state index contributed by atoms with van der Waals surface area (Å²) in [5.74, 6) is -1.40. The molecule has 0 aliphatic rings. The molecule has 0 radical (unpaired) electrons. The lowest BCUT2D eigenvalue weighted by atomic mass is 10.2. The van der Waals surface area contributed by atoms with Crippen molar-refractivity contribution in [2.24, 2.45) is 0 Å². The Morgan fingerprint density at radius 3 is 2.55 bits per heavy atom. The van der Waals surface area contributed by atoms with Crippen LogP contribution in [0.3, 0.4) is 0 Å². The molecular weight excluding hydrogens is 310 g/mol. The first-order valence-electron chi connectivity index (χ1n) is 6.79. The molecule has 9 heteroatoms. The largest absolute Gasteiger partial charge is 0.395 e. The zero-order valence-electron chi connectivity index (χ0n) is 12.2. The van der Waals surface area contributed by atoms with Crippen molar-refractivity contribution in [1.82, 2.24) is 15.0 Å². The van der Waals surface area contributed by atoms with Crippen molar-refractivity contribution in [2.45, 2.75) is 19.8 Å². The molecule has 0 atom stereocenters. The first kappa shape index (κ1) is 18.1. The number of unbranched alkanes of at least 4 members (excludes halogenated alkanes) is 1. The predicted octanol–water partition coefficient (Wildman–Crippen LogP) is -0.337. The molecule has 8 nitrogen and oxygen atoms in total. The summed E-state index contributed by atoms with van der Waals surface area (Å²) < 4.78 is 25.2. The van der Waals surface area contributed by atoms with Gasteiger partial charge in [-0.2, -0.15) is 0 Å². The Bertz CT molecular complexity index is 613. The first-order valence-corrected chi connectivity index (χ1v) is 8.44. The number of sulfonamides is 1. The number of hydrogen-bond donors (Lipinski definition) is 3. The van der Waals surface area contributed by atoms with Crippen molar-refractivity contribution in [1.29, 1.82) is 0 Å². The van der Waals surface area contributed by atoms with Gasteiger partial charge < -0.3 is 10.4 Å². The molecule has 0 aromatic carbocycles. The molecule has 1 rings (SSSR count). The van der Waals surface area contributed by atoms with Gasteiger partial charge in [0, 0.05) is 12.7 Å². The van der Waals surface area contributed by atoms with Gasteiger partial charge >= 0.3 is 0 Å². The maximum absolute atomic E-state index is 11.8. The Kier molecular flexibility index (Phi) is 6.93. The summed E-state index contributed by atoms with van der Waals surface area (Å²) in [6.45, 7) is 1.75. The van der Waals surface area contributed by atoms with Crippen LogP contribution in [0.4, 0.5) is 0 Å². The van der Waals surface area contributed by atoms with Gasteiger partial charge in [-0.05, 0) is 18.6 Å². The molecular formula is C13H19N3O5S. The lowest BCUT2D eigenvalue weighted by Crippen LogP contribution is -2.32. The number of carbonyl (C=O) groups excluding carboxylic acids is 2. The van der Waals surface area contributed by atoms with E-state index in [1.807, 2.05) is 11.6 Å². The molecule has 0 unspecified atom stereocenters. The summed E-state index contributed by atoms with van der Waals surface area (Å²) in [7, 11) is -3.66. The molecule has 0 aliphatic carbocycles. The number of hydrogen-bond acceptors (Lipinski definition) is 6. The summed E-state index contributed by atoms with van der Waals surface area (Å²) in [4.78, 5) is 27.2. The van der Waals surface area contributed by atoms with Crippen molar-refractivity contribution < 1.29 is 23.1 Å².